The van der Waals surface area contributed by atoms with Gasteiger partial charge in [-0.15, -0.1) is 0 Å². The van der Waals surface area contributed by atoms with Gasteiger partial charge in [-0.2, -0.15) is 0 Å². The lowest BCUT2D eigenvalue weighted by Crippen LogP contribution is -2.33. The van der Waals surface area contributed by atoms with Crippen LogP contribution in [0.1, 0.15) is 12.0 Å². The van der Waals surface area contributed by atoms with Crippen molar-refractivity contribution in [3.05, 3.63) is 22.2 Å². The molecule has 2 N–H and O–H groups in total. The summed E-state index contributed by atoms with van der Waals surface area (Å²) in [4.78, 5) is 13.7. The second kappa shape index (κ2) is 5.79. The Morgan fingerprint density at radius 2 is 2.32 bits per heavy atom. The highest BCUT2D eigenvalue weighted by molar-refractivity contribution is 9.10. The number of amides is 2. The molecule has 0 radical (unpaired) electrons. The zero-order valence-electron chi connectivity index (χ0n) is 10.9. The van der Waals surface area contributed by atoms with Crippen molar-refractivity contribution in [1.29, 1.82) is 0 Å². The number of rotatable bonds is 2. The monoisotopic (exact) mass is 328 g/mol. The number of anilines is 1. The normalized spacial score (nSPS) is 18.5. The molecule has 6 heteroatoms. The van der Waals surface area contributed by atoms with Crippen molar-refractivity contribution in [2.75, 3.05) is 25.5 Å². The molecule has 0 aromatic heterocycles. The Labute approximate surface area is 120 Å². The van der Waals surface area contributed by atoms with Crippen molar-refractivity contribution in [1.82, 2.24) is 4.90 Å². The number of carbonyl (C=O) groups excluding carboxylic acids is 1. The minimum absolute atomic E-state index is 0.208. The van der Waals surface area contributed by atoms with Crippen LogP contribution in [0.15, 0.2) is 16.6 Å². The van der Waals surface area contributed by atoms with E-state index in [-0.39, 0.29) is 6.03 Å². The van der Waals surface area contributed by atoms with Crippen molar-refractivity contribution in [2.45, 2.75) is 19.4 Å². The molecular weight excluding hydrogens is 312 g/mol. The molecule has 1 saturated heterocycles. The fourth-order valence-electron chi connectivity index (χ4n) is 2.15. The van der Waals surface area contributed by atoms with E-state index in [4.69, 9.17) is 4.74 Å². The molecule has 1 atom stereocenters. The summed E-state index contributed by atoms with van der Waals surface area (Å²) in [5.74, 6) is 0.611. The van der Waals surface area contributed by atoms with Crippen molar-refractivity contribution in [3.8, 4) is 5.75 Å². The van der Waals surface area contributed by atoms with E-state index in [9.17, 15) is 9.90 Å². The second-order valence-corrected chi connectivity index (χ2v) is 5.53. The molecule has 0 bridgehead atoms. The van der Waals surface area contributed by atoms with Crippen LogP contribution in [0.3, 0.4) is 0 Å². The van der Waals surface area contributed by atoms with Crippen LogP contribution in [-0.2, 0) is 0 Å². The van der Waals surface area contributed by atoms with Gasteiger partial charge in [-0.05, 0) is 31.0 Å². The zero-order chi connectivity index (χ0) is 14.0. The van der Waals surface area contributed by atoms with E-state index in [0.717, 1.165) is 10.0 Å². The van der Waals surface area contributed by atoms with Gasteiger partial charge in [-0.25, -0.2) is 4.79 Å². The van der Waals surface area contributed by atoms with E-state index in [0.29, 0.717) is 30.9 Å². The predicted octanol–water partition coefficient (Wildman–Crippen LogP) is 2.36. The molecule has 1 aliphatic heterocycles. The summed E-state index contributed by atoms with van der Waals surface area (Å²) < 4.78 is 6.18. The van der Waals surface area contributed by atoms with E-state index >= 15 is 0 Å². The van der Waals surface area contributed by atoms with E-state index in [1.54, 1.807) is 18.1 Å². The number of hydrogen-bond donors (Lipinski definition) is 2. The molecule has 2 amide bonds. The highest BCUT2D eigenvalue weighted by Crippen LogP contribution is 2.32. The molecule has 1 fully saturated rings. The number of β-amino-alcohol motifs (C(OH)–C–C–N with tert-alkyl or cyclic N) is 1. The molecule has 0 aliphatic carbocycles. The maximum Gasteiger partial charge on any atom is 0.322 e. The quantitative estimate of drug-likeness (QED) is 0.876. The van der Waals surface area contributed by atoms with Gasteiger partial charge in [0.15, 0.2) is 0 Å². The number of benzene rings is 1. The third-order valence-corrected chi connectivity index (χ3v) is 3.62. The third kappa shape index (κ3) is 3.19. The van der Waals surface area contributed by atoms with Gasteiger partial charge < -0.3 is 20.1 Å². The molecule has 0 unspecified atom stereocenters. The lowest BCUT2D eigenvalue weighted by atomic mass is 10.2. The van der Waals surface area contributed by atoms with Crippen molar-refractivity contribution < 1.29 is 14.6 Å². The number of halogens is 1. The number of ether oxygens (including phenoxy) is 1. The van der Waals surface area contributed by atoms with Crippen molar-refractivity contribution in [2.24, 2.45) is 0 Å². The highest BCUT2D eigenvalue weighted by Gasteiger charge is 2.25. The van der Waals surface area contributed by atoms with Gasteiger partial charge >= 0.3 is 6.03 Å². The number of aliphatic hydroxyl groups excluding tert-OH is 1. The first-order valence-corrected chi connectivity index (χ1v) is 6.88. The molecule has 19 heavy (non-hydrogen) atoms. The maximum absolute atomic E-state index is 12.1. The molecule has 0 spiro atoms. The van der Waals surface area contributed by atoms with Crippen LogP contribution in [0, 0.1) is 6.92 Å². The first-order chi connectivity index (χ1) is 9.01. The fraction of sp³-hybridized carbons (Fsp3) is 0.462. The first kappa shape index (κ1) is 14.1. The van der Waals surface area contributed by atoms with Gasteiger partial charge in [0.05, 0.1) is 18.9 Å². The molecule has 0 saturated carbocycles. The Bertz CT molecular complexity index is 493. The largest absolute Gasteiger partial charge is 0.495 e. The van der Waals surface area contributed by atoms with E-state index in [1.807, 2.05) is 13.0 Å². The summed E-state index contributed by atoms with van der Waals surface area (Å²) in [7, 11) is 1.57. The molecule has 1 aromatic carbocycles. The number of aryl methyl sites for hydroxylation is 1. The molecule has 1 heterocycles. The minimum Gasteiger partial charge on any atom is -0.495 e. The number of nitrogens with one attached hydrogen (secondary N) is 1. The third-order valence-electron chi connectivity index (χ3n) is 3.17. The summed E-state index contributed by atoms with van der Waals surface area (Å²) in [6.45, 7) is 2.86. The second-order valence-electron chi connectivity index (χ2n) is 4.62. The Morgan fingerprint density at radius 1 is 1.58 bits per heavy atom. The number of urea groups is 1. The Morgan fingerprint density at radius 3 is 2.89 bits per heavy atom. The maximum atomic E-state index is 12.1. The summed E-state index contributed by atoms with van der Waals surface area (Å²) in [5, 5.41) is 12.3. The van der Waals surface area contributed by atoms with Crippen LogP contribution in [0.25, 0.3) is 0 Å². The number of nitrogens with zero attached hydrogens (tertiary/aromatic N) is 1. The van der Waals surface area contributed by atoms with Crippen LogP contribution in [0.4, 0.5) is 10.5 Å². The smallest absolute Gasteiger partial charge is 0.322 e. The molecule has 104 valence electrons. The Kier molecular flexibility index (Phi) is 4.31. The average Bonchev–Trinajstić information content (AvgIpc) is 2.78. The van der Waals surface area contributed by atoms with Gasteiger partial charge in [-0.3, -0.25) is 0 Å². The standard InChI is InChI=1S/C13H17BrN2O3/c1-8-5-9(14)6-11(19-2)12(8)15-13(18)16-4-3-10(17)7-16/h5-6,10,17H,3-4,7H2,1-2H3,(H,15,18)/t10-/m1/s1. The molecule has 2 rings (SSSR count). The number of carbonyl (C=O) groups is 1. The molecule has 1 aromatic rings. The number of aliphatic hydroxyl groups is 1. The molecule has 1 aliphatic rings. The lowest BCUT2D eigenvalue weighted by molar-refractivity contribution is 0.176. The van der Waals surface area contributed by atoms with Gasteiger partial charge in [-0.1, -0.05) is 15.9 Å². The van der Waals surface area contributed by atoms with Gasteiger partial charge in [0.25, 0.3) is 0 Å². The van der Waals surface area contributed by atoms with Crippen molar-refractivity contribution >= 4 is 27.6 Å². The summed E-state index contributed by atoms with van der Waals surface area (Å²) >= 11 is 3.39. The number of methoxy groups -OCH3 is 1. The Hall–Kier alpha value is -1.27. The average molecular weight is 329 g/mol. The van der Waals surface area contributed by atoms with Gasteiger partial charge in [0.2, 0.25) is 0 Å². The van der Waals surface area contributed by atoms with Crippen LogP contribution in [0.2, 0.25) is 0 Å². The van der Waals surface area contributed by atoms with Crippen LogP contribution >= 0.6 is 15.9 Å². The summed E-state index contributed by atoms with van der Waals surface area (Å²) in [5.41, 5.74) is 1.58. The lowest BCUT2D eigenvalue weighted by Gasteiger charge is -2.19. The van der Waals surface area contributed by atoms with Crippen LogP contribution < -0.4 is 10.1 Å². The number of hydrogen-bond acceptors (Lipinski definition) is 3. The highest BCUT2D eigenvalue weighted by atomic mass is 79.9. The topological polar surface area (TPSA) is 61.8 Å². The van der Waals surface area contributed by atoms with Crippen LogP contribution in [-0.4, -0.2) is 42.3 Å². The van der Waals surface area contributed by atoms with Gasteiger partial charge in [0.1, 0.15) is 5.75 Å². The van der Waals surface area contributed by atoms with Crippen LogP contribution in [0.5, 0.6) is 5.75 Å². The SMILES string of the molecule is COc1cc(Br)cc(C)c1NC(=O)N1CC[C@@H](O)C1. The van der Waals surface area contributed by atoms with E-state index < -0.39 is 6.10 Å². The van der Waals surface area contributed by atoms with E-state index in [1.165, 1.54) is 0 Å². The fourth-order valence-corrected chi connectivity index (χ4v) is 2.70. The zero-order valence-corrected chi connectivity index (χ0v) is 12.5. The number of likely N-dealkylation sites (tertiary alicyclic amines) is 1. The summed E-state index contributed by atoms with van der Waals surface area (Å²) in [6.07, 6.45) is 0.211. The predicted molar refractivity (Wildman–Crippen MR) is 76.6 cm³/mol. The first-order valence-electron chi connectivity index (χ1n) is 6.09. The van der Waals surface area contributed by atoms with E-state index in [2.05, 4.69) is 21.2 Å². The molecule has 5 nitrogen and oxygen atoms in total. The Balaban J connectivity index is 2.16. The molecular formula is C13H17BrN2O3. The summed E-state index contributed by atoms with van der Waals surface area (Å²) in [6, 6.07) is 3.51. The van der Waals surface area contributed by atoms with Gasteiger partial charge in [0, 0.05) is 17.6 Å². The van der Waals surface area contributed by atoms with Crippen molar-refractivity contribution in [3.63, 3.8) is 0 Å². The minimum atomic E-state index is -0.418.